The smallest absolute Gasteiger partial charge is 0.350 e. The SMILES string of the molecule is C=CCOC(=O)c1sc(NC(=O)Cn2c(C)c([N+](=O)[O-])ccc2=O)nc1C. The number of anilines is 1. The number of ether oxygens (including phenoxy) is 1. The number of thiazole rings is 1. The van der Waals surface area contributed by atoms with Crippen LogP contribution >= 0.6 is 11.3 Å². The highest BCUT2D eigenvalue weighted by atomic mass is 32.1. The van der Waals surface area contributed by atoms with Crippen molar-refractivity contribution in [1.82, 2.24) is 9.55 Å². The van der Waals surface area contributed by atoms with Crippen molar-refractivity contribution in [2.75, 3.05) is 11.9 Å². The molecule has 0 aliphatic heterocycles. The number of amides is 1. The molecule has 2 aromatic heterocycles. The lowest BCUT2D eigenvalue weighted by Crippen LogP contribution is -2.29. The number of hydrogen-bond acceptors (Lipinski definition) is 8. The van der Waals surface area contributed by atoms with Gasteiger partial charge in [-0.1, -0.05) is 24.0 Å². The van der Waals surface area contributed by atoms with Crippen molar-refractivity contribution in [2.24, 2.45) is 0 Å². The van der Waals surface area contributed by atoms with Crippen LogP contribution in [0.1, 0.15) is 21.1 Å². The Balaban J connectivity index is 2.17. The van der Waals surface area contributed by atoms with Crippen LogP contribution in [0.5, 0.6) is 0 Å². The van der Waals surface area contributed by atoms with Gasteiger partial charge in [0.1, 0.15) is 18.0 Å². The fourth-order valence-corrected chi connectivity index (χ4v) is 3.07. The molecule has 0 radical (unpaired) electrons. The van der Waals surface area contributed by atoms with Crippen molar-refractivity contribution < 1.29 is 19.2 Å². The van der Waals surface area contributed by atoms with Gasteiger partial charge in [0.2, 0.25) is 5.91 Å². The van der Waals surface area contributed by atoms with E-state index in [-0.39, 0.29) is 28.0 Å². The molecule has 1 N–H and O–H groups in total. The molecule has 2 rings (SSSR count). The second kappa shape index (κ2) is 8.36. The van der Waals surface area contributed by atoms with Gasteiger partial charge in [0.15, 0.2) is 5.13 Å². The molecule has 11 heteroatoms. The molecule has 0 saturated heterocycles. The van der Waals surface area contributed by atoms with E-state index in [9.17, 15) is 24.5 Å². The molecule has 1 amide bonds. The first kappa shape index (κ1) is 20.0. The highest BCUT2D eigenvalue weighted by Gasteiger charge is 2.20. The van der Waals surface area contributed by atoms with Crippen LogP contribution in [0, 0.1) is 24.0 Å². The summed E-state index contributed by atoms with van der Waals surface area (Å²) in [7, 11) is 0. The lowest BCUT2D eigenvalue weighted by Gasteiger charge is -2.09. The average Bonchev–Trinajstić information content (AvgIpc) is 2.96. The van der Waals surface area contributed by atoms with Gasteiger partial charge in [0, 0.05) is 12.1 Å². The number of carbonyl (C=O) groups is 2. The largest absolute Gasteiger partial charge is 0.457 e. The van der Waals surface area contributed by atoms with Gasteiger partial charge < -0.3 is 10.1 Å². The highest BCUT2D eigenvalue weighted by Crippen LogP contribution is 2.23. The number of esters is 1. The Kier molecular flexibility index (Phi) is 6.19. The van der Waals surface area contributed by atoms with Crippen LogP contribution in [0.25, 0.3) is 0 Å². The van der Waals surface area contributed by atoms with Crippen molar-refractivity contribution in [1.29, 1.82) is 0 Å². The van der Waals surface area contributed by atoms with E-state index in [2.05, 4.69) is 16.9 Å². The van der Waals surface area contributed by atoms with E-state index < -0.39 is 28.9 Å². The van der Waals surface area contributed by atoms with Gasteiger partial charge >= 0.3 is 5.97 Å². The predicted octanol–water partition coefficient (Wildman–Crippen LogP) is 1.81. The topological polar surface area (TPSA) is 133 Å². The molecular formula is C16H16N4O6S. The zero-order chi connectivity index (χ0) is 20.1. The van der Waals surface area contributed by atoms with Crippen molar-refractivity contribution in [2.45, 2.75) is 20.4 Å². The Morgan fingerprint density at radius 1 is 1.44 bits per heavy atom. The maximum absolute atomic E-state index is 12.2. The lowest BCUT2D eigenvalue weighted by atomic mass is 10.3. The minimum atomic E-state index is -0.630. The summed E-state index contributed by atoms with van der Waals surface area (Å²) < 4.78 is 5.92. The Morgan fingerprint density at radius 2 is 2.15 bits per heavy atom. The highest BCUT2D eigenvalue weighted by molar-refractivity contribution is 7.17. The summed E-state index contributed by atoms with van der Waals surface area (Å²) >= 11 is 0.926. The first-order valence-electron chi connectivity index (χ1n) is 7.64. The van der Waals surface area contributed by atoms with Gasteiger partial charge in [-0.3, -0.25) is 24.3 Å². The van der Waals surface area contributed by atoms with Crippen molar-refractivity contribution in [3.05, 3.63) is 61.5 Å². The van der Waals surface area contributed by atoms with Crippen LogP contribution in [-0.2, 0) is 16.1 Å². The first-order chi connectivity index (χ1) is 12.7. The third kappa shape index (κ3) is 4.64. The van der Waals surface area contributed by atoms with Crippen LogP contribution in [-0.4, -0.2) is 33.0 Å². The quantitative estimate of drug-likeness (QED) is 0.329. The average molecular weight is 392 g/mol. The molecule has 0 fully saturated rings. The number of carbonyl (C=O) groups excluding carboxylic acids is 2. The fourth-order valence-electron chi connectivity index (χ4n) is 2.20. The molecule has 0 aliphatic rings. The Labute approximate surface area is 157 Å². The summed E-state index contributed by atoms with van der Waals surface area (Å²) in [6.45, 7) is 6.04. The molecule has 27 heavy (non-hydrogen) atoms. The van der Waals surface area contributed by atoms with E-state index in [0.717, 1.165) is 28.0 Å². The second-order valence-corrected chi connectivity index (χ2v) is 6.35. The number of rotatable bonds is 7. The standard InChI is InChI=1S/C16H16N4O6S/c1-4-7-26-15(23)14-9(2)17-16(27-14)18-12(21)8-19-10(3)11(20(24)25)5-6-13(19)22/h4-6H,1,7-8H2,2-3H3,(H,17,18,21). The molecule has 0 unspecified atom stereocenters. The van der Waals surface area contributed by atoms with Gasteiger partial charge in [-0.05, 0) is 13.8 Å². The summed E-state index contributed by atoms with van der Waals surface area (Å²) in [6, 6.07) is 2.12. The molecule has 0 atom stereocenters. The van der Waals surface area contributed by atoms with Gasteiger partial charge in [-0.25, -0.2) is 9.78 Å². The third-order valence-electron chi connectivity index (χ3n) is 3.48. The molecule has 10 nitrogen and oxygen atoms in total. The second-order valence-electron chi connectivity index (χ2n) is 5.35. The zero-order valence-electron chi connectivity index (χ0n) is 14.6. The number of nitrogens with one attached hydrogen (secondary N) is 1. The number of aromatic nitrogens is 2. The van der Waals surface area contributed by atoms with Gasteiger partial charge in [-0.2, -0.15) is 0 Å². The zero-order valence-corrected chi connectivity index (χ0v) is 15.4. The van der Waals surface area contributed by atoms with E-state index in [4.69, 9.17) is 4.74 Å². The Morgan fingerprint density at radius 3 is 2.78 bits per heavy atom. The number of nitro groups is 1. The van der Waals surface area contributed by atoms with Crippen LogP contribution in [0.3, 0.4) is 0 Å². The summed E-state index contributed by atoms with van der Waals surface area (Å²) in [4.78, 5) is 50.7. The molecule has 0 aromatic carbocycles. The van der Waals surface area contributed by atoms with Crippen LogP contribution in [0.4, 0.5) is 10.8 Å². The maximum atomic E-state index is 12.2. The first-order valence-corrected chi connectivity index (χ1v) is 8.46. The number of nitrogens with zero attached hydrogens (tertiary/aromatic N) is 3. The van der Waals surface area contributed by atoms with E-state index in [0.29, 0.717) is 5.69 Å². The van der Waals surface area contributed by atoms with Gasteiger partial charge in [0.25, 0.3) is 11.2 Å². The van der Waals surface area contributed by atoms with E-state index in [1.807, 2.05) is 0 Å². The fraction of sp³-hybridized carbons (Fsp3) is 0.250. The monoisotopic (exact) mass is 392 g/mol. The number of hydrogen-bond donors (Lipinski definition) is 1. The molecule has 2 heterocycles. The van der Waals surface area contributed by atoms with E-state index in [1.54, 1.807) is 6.92 Å². The van der Waals surface area contributed by atoms with E-state index >= 15 is 0 Å². The van der Waals surface area contributed by atoms with E-state index in [1.165, 1.54) is 13.0 Å². The number of aryl methyl sites for hydroxylation is 1. The number of pyridine rings is 1. The molecule has 0 saturated carbocycles. The third-order valence-corrected chi connectivity index (χ3v) is 4.54. The van der Waals surface area contributed by atoms with Crippen molar-refractivity contribution >= 4 is 34.0 Å². The van der Waals surface area contributed by atoms with Gasteiger partial charge in [0.05, 0.1) is 16.3 Å². The molecular weight excluding hydrogens is 376 g/mol. The van der Waals surface area contributed by atoms with Crippen LogP contribution < -0.4 is 10.9 Å². The Hall–Kier alpha value is -3.34. The Bertz CT molecular complexity index is 978. The molecule has 2 aromatic rings. The molecule has 0 bridgehead atoms. The van der Waals surface area contributed by atoms with Crippen molar-refractivity contribution in [3.8, 4) is 0 Å². The minimum Gasteiger partial charge on any atom is -0.457 e. The molecule has 0 aliphatic carbocycles. The van der Waals surface area contributed by atoms with Gasteiger partial charge in [-0.15, -0.1) is 0 Å². The normalized spacial score (nSPS) is 10.3. The lowest BCUT2D eigenvalue weighted by molar-refractivity contribution is -0.386. The minimum absolute atomic E-state index is 0.0485. The van der Waals surface area contributed by atoms with Crippen LogP contribution in [0.15, 0.2) is 29.6 Å². The molecule has 0 spiro atoms. The summed E-state index contributed by atoms with van der Waals surface area (Å²) in [5, 5.41) is 13.6. The maximum Gasteiger partial charge on any atom is 0.350 e. The summed E-state index contributed by atoms with van der Waals surface area (Å²) in [5.74, 6) is -1.20. The summed E-state index contributed by atoms with van der Waals surface area (Å²) in [5.41, 5.74) is -0.364. The summed E-state index contributed by atoms with van der Waals surface area (Å²) in [6.07, 6.45) is 1.43. The van der Waals surface area contributed by atoms with Crippen molar-refractivity contribution in [3.63, 3.8) is 0 Å². The predicted molar refractivity (Wildman–Crippen MR) is 98.1 cm³/mol. The van der Waals surface area contributed by atoms with Crippen LogP contribution in [0.2, 0.25) is 0 Å². The molecule has 142 valence electrons.